The molecule has 0 aliphatic carbocycles. The van der Waals surface area contributed by atoms with E-state index in [1.54, 1.807) is 0 Å². The van der Waals surface area contributed by atoms with E-state index >= 15 is 0 Å². The Balaban J connectivity index is 1.11. The summed E-state index contributed by atoms with van der Waals surface area (Å²) in [5.74, 6) is 1.45. The number of nitrogens with zero attached hydrogens (tertiary/aromatic N) is 5. The first kappa shape index (κ1) is 27.0. The number of benzene rings is 6. The number of aromatic nitrogens is 5. The number of rotatable bonds is 4. The van der Waals surface area contributed by atoms with Crippen molar-refractivity contribution in [3.63, 3.8) is 0 Å². The standard InChI is InChI=1S/C43H25N5O2/c1-3-12-26(13-4-1)37-40-38(31-18-7-9-20-35(31)49-40)45-41(44-37)29-15-11-14-27(24-29)28-22-23-33-34(25-28)47(30-16-5-2-6-17-30)43-46-39-32-19-8-10-21-36(32)50-42(39)48(33)43/h1-25H. The predicted octanol–water partition coefficient (Wildman–Crippen LogP) is 10.9. The molecule has 0 radical (unpaired) electrons. The van der Waals surface area contributed by atoms with E-state index in [1.807, 2.05) is 60.7 Å². The summed E-state index contributed by atoms with van der Waals surface area (Å²) in [7, 11) is 0. The number of para-hydroxylation sites is 3. The molecule has 0 unspecified atom stereocenters. The maximum Gasteiger partial charge on any atom is 0.234 e. The minimum atomic E-state index is 0.643. The molecule has 234 valence electrons. The second-order valence-electron chi connectivity index (χ2n) is 12.5. The van der Waals surface area contributed by atoms with E-state index in [-0.39, 0.29) is 0 Å². The molecule has 0 aliphatic rings. The maximum atomic E-state index is 6.40. The lowest BCUT2D eigenvalue weighted by atomic mass is 10.0. The van der Waals surface area contributed by atoms with Gasteiger partial charge in [0.05, 0.1) is 11.0 Å². The molecule has 7 nitrogen and oxygen atoms in total. The number of hydrogen-bond acceptors (Lipinski definition) is 5. The van der Waals surface area contributed by atoms with Gasteiger partial charge in [-0.2, -0.15) is 0 Å². The highest BCUT2D eigenvalue weighted by Gasteiger charge is 2.23. The molecule has 5 aromatic heterocycles. The fraction of sp³-hybridized carbons (Fsp3) is 0. The summed E-state index contributed by atoms with van der Waals surface area (Å²) >= 11 is 0. The molecular weight excluding hydrogens is 619 g/mol. The molecule has 50 heavy (non-hydrogen) atoms. The fourth-order valence-electron chi connectivity index (χ4n) is 7.25. The van der Waals surface area contributed by atoms with Crippen molar-refractivity contribution < 1.29 is 8.83 Å². The van der Waals surface area contributed by atoms with Crippen LogP contribution in [0, 0.1) is 0 Å². The smallest absolute Gasteiger partial charge is 0.234 e. The lowest BCUT2D eigenvalue weighted by Gasteiger charge is -2.09. The van der Waals surface area contributed by atoms with Crippen LogP contribution in [0.2, 0.25) is 0 Å². The van der Waals surface area contributed by atoms with Gasteiger partial charge in [0, 0.05) is 27.6 Å². The summed E-state index contributed by atoms with van der Waals surface area (Å²) in [6.07, 6.45) is 0. The van der Waals surface area contributed by atoms with Gasteiger partial charge in [-0.1, -0.05) is 97.1 Å². The lowest BCUT2D eigenvalue weighted by molar-refractivity contribution is 0.651. The van der Waals surface area contributed by atoms with Crippen LogP contribution in [0.1, 0.15) is 0 Å². The average Bonchev–Trinajstić information content (AvgIpc) is 3.92. The molecule has 0 atom stereocenters. The normalized spacial score (nSPS) is 12.0. The van der Waals surface area contributed by atoms with Gasteiger partial charge in [0.15, 0.2) is 11.4 Å². The second-order valence-corrected chi connectivity index (χ2v) is 12.5. The van der Waals surface area contributed by atoms with Crippen LogP contribution in [0.3, 0.4) is 0 Å². The van der Waals surface area contributed by atoms with Crippen LogP contribution in [0.15, 0.2) is 160 Å². The van der Waals surface area contributed by atoms with E-state index < -0.39 is 0 Å². The maximum absolute atomic E-state index is 6.40. The van der Waals surface area contributed by atoms with Crippen molar-refractivity contribution >= 4 is 61.1 Å². The van der Waals surface area contributed by atoms with Crippen LogP contribution in [0.4, 0.5) is 0 Å². The third-order valence-electron chi connectivity index (χ3n) is 9.56. The Hall–Kier alpha value is -6.99. The van der Waals surface area contributed by atoms with Gasteiger partial charge in [-0.05, 0) is 65.7 Å². The average molecular weight is 644 g/mol. The van der Waals surface area contributed by atoms with Crippen LogP contribution >= 0.6 is 0 Å². The van der Waals surface area contributed by atoms with E-state index in [1.165, 1.54) is 0 Å². The van der Waals surface area contributed by atoms with Gasteiger partial charge in [0.1, 0.15) is 27.9 Å². The van der Waals surface area contributed by atoms with Crippen molar-refractivity contribution in [2.24, 2.45) is 0 Å². The van der Waals surface area contributed by atoms with Crippen molar-refractivity contribution in [2.45, 2.75) is 0 Å². The first-order valence-corrected chi connectivity index (χ1v) is 16.5. The van der Waals surface area contributed by atoms with Crippen molar-refractivity contribution in [3.8, 4) is 39.5 Å². The summed E-state index contributed by atoms with van der Waals surface area (Å²) in [5.41, 5.74) is 12.6. The molecular formula is C43H25N5O2. The van der Waals surface area contributed by atoms with Crippen molar-refractivity contribution in [3.05, 3.63) is 152 Å². The minimum Gasteiger partial charge on any atom is -0.452 e. The molecule has 0 saturated heterocycles. The molecule has 11 aromatic rings. The summed E-state index contributed by atoms with van der Waals surface area (Å²) in [4.78, 5) is 15.4. The Kier molecular flexibility index (Phi) is 5.54. The van der Waals surface area contributed by atoms with Gasteiger partial charge >= 0.3 is 0 Å². The zero-order chi connectivity index (χ0) is 32.8. The largest absolute Gasteiger partial charge is 0.452 e. The zero-order valence-corrected chi connectivity index (χ0v) is 26.5. The van der Waals surface area contributed by atoms with E-state index in [0.29, 0.717) is 11.4 Å². The molecule has 0 N–H and O–H groups in total. The molecule has 0 aliphatic heterocycles. The summed E-state index contributed by atoms with van der Waals surface area (Å²) in [6, 6.07) is 51.6. The molecule has 5 heterocycles. The summed E-state index contributed by atoms with van der Waals surface area (Å²) in [6.45, 7) is 0. The Labute approximate surface area is 284 Å². The van der Waals surface area contributed by atoms with Crippen LogP contribution in [-0.2, 0) is 0 Å². The summed E-state index contributed by atoms with van der Waals surface area (Å²) < 4.78 is 17.1. The van der Waals surface area contributed by atoms with Crippen LogP contribution < -0.4 is 0 Å². The molecule has 0 spiro atoms. The first-order valence-electron chi connectivity index (χ1n) is 16.5. The van der Waals surface area contributed by atoms with Gasteiger partial charge in [-0.15, -0.1) is 0 Å². The minimum absolute atomic E-state index is 0.643. The molecule has 0 bridgehead atoms. The molecule has 0 amide bonds. The SMILES string of the molecule is c1ccc(-c2nc(-c3cccc(-c4ccc5c(c4)n(-c4ccccc4)c4nc6c7ccccc7oc6n54)c3)nc3c2oc2ccccc23)cc1. The molecule has 6 aromatic carbocycles. The Morgan fingerprint density at radius 3 is 1.94 bits per heavy atom. The topological polar surface area (TPSA) is 74.3 Å². The third kappa shape index (κ3) is 3.88. The summed E-state index contributed by atoms with van der Waals surface area (Å²) in [5, 5.41) is 1.97. The quantitative estimate of drug-likeness (QED) is 0.191. The van der Waals surface area contributed by atoms with Crippen molar-refractivity contribution in [1.82, 2.24) is 23.9 Å². The zero-order valence-electron chi connectivity index (χ0n) is 26.5. The van der Waals surface area contributed by atoms with Gasteiger partial charge in [-0.25, -0.2) is 19.4 Å². The highest BCUT2D eigenvalue weighted by molar-refractivity contribution is 6.07. The Morgan fingerprint density at radius 2 is 1.12 bits per heavy atom. The monoisotopic (exact) mass is 643 g/mol. The van der Waals surface area contributed by atoms with Gasteiger partial charge < -0.3 is 8.83 Å². The highest BCUT2D eigenvalue weighted by Crippen LogP contribution is 2.38. The van der Waals surface area contributed by atoms with E-state index in [9.17, 15) is 0 Å². The Morgan fingerprint density at radius 1 is 0.460 bits per heavy atom. The van der Waals surface area contributed by atoms with E-state index in [0.717, 1.165) is 89.1 Å². The predicted molar refractivity (Wildman–Crippen MR) is 198 cm³/mol. The lowest BCUT2D eigenvalue weighted by Crippen LogP contribution is -1.95. The molecule has 11 rings (SSSR count). The Bertz CT molecular complexity index is 3100. The van der Waals surface area contributed by atoms with Crippen LogP contribution in [0.5, 0.6) is 0 Å². The first-order chi connectivity index (χ1) is 24.8. The molecule has 0 fully saturated rings. The van der Waals surface area contributed by atoms with Crippen LogP contribution in [0.25, 0.3) is 101 Å². The number of furan rings is 2. The second kappa shape index (κ2) is 10.3. The number of imidazole rings is 2. The van der Waals surface area contributed by atoms with E-state index in [2.05, 4.69) is 100.0 Å². The number of hydrogen-bond donors (Lipinski definition) is 0. The third-order valence-corrected chi connectivity index (χ3v) is 9.56. The van der Waals surface area contributed by atoms with Gasteiger partial charge in [0.2, 0.25) is 11.5 Å². The van der Waals surface area contributed by atoms with Crippen LogP contribution in [-0.4, -0.2) is 23.9 Å². The highest BCUT2D eigenvalue weighted by atomic mass is 16.3. The molecule has 7 heteroatoms. The van der Waals surface area contributed by atoms with Gasteiger partial charge in [-0.3, -0.25) is 4.57 Å². The van der Waals surface area contributed by atoms with E-state index in [4.69, 9.17) is 23.8 Å². The fourth-order valence-corrected chi connectivity index (χ4v) is 7.25. The number of fused-ring (bicyclic) bond motifs is 10. The van der Waals surface area contributed by atoms with Crippen molar-refractivity contribution in [2.75, 3.05) is 0 Å². The van der Waals surface area contributed by atoms with Gasteiger partial charge in [0.25, 0.3) is 0 Å². The van der Waals surface area contributed by atoms with Crippen molar-refractivity contribution in [1.29, 1.82) is 0 Å². The molecule has 0 saturated carbocycles.